The van der Waals surface area contributed by atoms with Crippen LogP contribution in [0, 0.1) is 19.8 Å². The molecule has 1 N–H and O–H groups in total. The Bertz CT molecular complexity index is 429. The smallest absolute Gasteiger partial charge is 0.0251 e. The van der Waals surface area contributed by atoms with Crippen LogP contribution in [0.2, 0.25) is 0 Å². The maximum atomic E-state index is 3.70. The first-order valence-electron chi connectivity index (χ1n) is 8.11. The van der Waals surface area contributed by atoms with Crippen molar-refractivity contribution in [3.8, 4) is 0 Å². The number of hydrogen-bond donors (Lipinski definition) is 1. The quantitative estimate of drug-likeness (QED) is 0.823. The molecule has 0 amide bonds. The van der Waals surface area contributed by atoms with Gasteiger partial charge in [0.25, 0.3) is 0 Å². The molecule has 0 bridgehead atoms. The SMILES string of the molecule is CCNC1CCC(CC)CC1Sc1ccc(C)c(C)c1. The van der Waals surface area contributed by atoms with Gasteiger partial charge in [-0.25, -0.2) is 0 Å². The molecule has 0 heterocycles. The highest BCUT2D eigenvalue weighted by Crippen LogP contribution is 2.38. The lowest BCUT2D eigenvalue weighted by molar-refractivity contribution is 0.298. The third-order valence-electron chi connectivity index (χ3n) is 4.71. The standard InChI is InChI=1S/C18H29NS/c1-5-15-8-10-17(19-6-2)18(12-15)20-16-9-7-13(3)14(4)11-16/h7,9,11,15,17-19H,5-6,8,10,12H2,1-4H3. The van der Waals surface area contributed by atoms with Crippen molar-refractivity contribution in [3.63, 3.8) is 0 Å². The molecular formula is C18H29NS. The number of nitrogens with one attached hydrogen (secondary N) is 1. The number of aryl methyl sites for hydroxylation is 2. The normalized spacial score (nSPS) is 26.7. The first-order valence-corrected chi connectivity index (χ1v) is 8.99. The maximum Gasteiger partial charge on any atom is 0.0251 e. The second kappa shape index (κ2) is 7.51. The van der Waals surface area contributed by atoms with Gasteiger partial charge < -0.3 is 5.32 Å². The molecule has 112 valence electrons. The van der Waals surface area contributed by atoms with Crippen molar-refractivity contribution in [2.24, 2.45) is 5.92 Å². The van der Waals surface area contributed by atoms with E-state index in [9.17, 15) is 0 Å². The molecule has 2 heteroatoms. The van der Waals surface area contributed by atoms with Crippen LogP contribution in [0.25, 0.3) is 0 Å². The van der Waals surface area contributed by atoms with Gasteiger partial charge in [-0.2, -0.15) is 0 Å². The monoisotopic (exact) mass is 291 g/mol. The summed E-state index contributed by atoms with van der Waals surface area (Å²) in [4.78, 5) is 1.44. The summed E-state index contributed by atoms with van der Waals surface area (Å²) in [6.45, 7) is 10.1. The van der Waals surface area contributed by atoms with Crippen LogP contribution in [0.3, 0.4) is 0 Å². The number of benzene rings is 1. The average molecular weight is 292 g/mol. The van der Waals surface area contributed by atoms with E-state index in [2.05, 4.69) is 63.0 Å². The fourth-order valence-corrected chi connectivity index (χ4v) is 4.68. The molecule has 2 rings (SSSR count). The van der Waals surface area contributed by atoms with Crippen LogP contribution >= 0.6 is 11.8 Å². The summed E-state index contributed by atoms with van der Waals surface area (Å²) in [5, 5.41) is 4.44. The van der Waals surface area contributed by atoms with Crippen LogP contribution in [0.5, 0.6) is 0 Å². The second-order valence-electron chi connectivity index (χ2n) is 6.15. The Morgan fingerprint density at radius 2 is 1.95 bits per heavy atom. The average Bonchev–Trinajstić information content (AvgIpc) is 2.45. The minimum atomic E-state index is 0.689. The predicted octanol–water partition coefficient (Wildman–Crippen LogP) is 4.95. The van der Waals surface area contributed by atoms with Gasteiger partial charge in [-0.05, 0) is 68.8 Å². The molecule has 1 nitrogen and oxygen atoms in total. The molecule has 1 aliphatic rings. The molecule has 1 aliphatic carbocycles. The Morgan fingerprint density at radius 1 is 1.15 bits per heavy atom. The van der Waals surface area contributed by atoms with E-state index in [0.29, 0.717) is 6.04 Å². The highest BCUT2D eigenvalue weighted by atomic mass is 32.2. The fourth-order valence-electron chi connectivity index (χ4n) is 3.17. The van der Waals surface area contributed by atoms with Crippen molar-refractivity contribution in [2.45, 2.75) is 69.6 Å². The van der Waals surface area contributed by atoms with Gasteiger partial charge in [0.05, 0.1) is 0 Å². The van der Waals surface area contributed by atoms with Gasteiger partial charge in [0.15, 0.2) is 0 Å². The first kappa shape index (κ1) is 15.9. The molecule has 3 unspecified atom stereocenters. The van der Waals surface area contributed by atoms with E-state index in [0.717, 1.165) is 17.7 Å². The molecule has 1 saturated carbocycles. The molecule has 1 aromatic rings. The minimum Gasteiger partial charge on any atom is -0.313 e. The zero-order valence-electron chi connectivity index (χ0n) is 13.4. The minimum absolute atomic E-state index is 0.689. The van der Waals surface area contributed by atoms with Gasteiger partial charge >= 0.3 is 0 Å². The first-order chi connectivity index (χ1) is 9.63. The van der Waals surface area contributed by atoms with Crippen molar-refractivity contribution in [1.29, 1.82) is 0 Å². The third-order valence-corrected chi connectivity index (χ3v) is 6.06. The molecule has 1 aromatic carbocycles. The zero-order valence-corrected chi connectivity index (χ0v) is 14.2. The lowest BCUT2D eigenvalue weighted by Gasteiger charge is -2.36. The zero-order chi connectivity index (χ0) is 14.5. The lowest BCUT2D eigenvalue weighted by Crippen LogP contribution is -2.42. The Balaban J connectivity index is 2.07. The fraction of sp³-hybridized carbons (Fsp3) is 0.667. The Morgan fingerprint density at radius 3 is 2.60 bits per heavy atom. The molecule has 20 heavy (non-hydrogen) atoms. The Labute approximate surface area is 128 Å². The van der Waals surface area contributed by atoms with E-state index < -0.39 is 0 Å². The van der Waals surface area contributed by atoms with Crippen LogP contribution in [0.15, 0.2) is 23.1 Å². The summed E-state index contributed by atoms with van der Waals surface area (Å²) in [5.74, 6) is 0.925. The summed E-state index contributed by atoms with van der Waals surface area (Å²) in [6.07, 6.45) is 5.45. The molecule has 3 atom stereocenters. The predicted molar refractivity (Wildman–Crippen MR) is 90.7 cm³/mol. The topological polar surface area (TPSA) is 12.0 Å². The van der Waals surface area contributed by atoms with Crippen LogP contribution in [-0.2, 0) is 0 Å². The third kappa shape index (κ3) is 4.02. The second-order valence-corrected chi connectivity index (χ2v) is 7.47. The van der Waals surface area contributed by atoms with E-state index in [1.165, 1.54) is 41.7 Å². The Hall–Kier alpha value is -0.470. The number of rotatable bonds is 5. The van der Waals surface area contributed by atoms with E-state index in [4.69, 9.17) is 0 Å². The highest BCUT2D eigenvalue weighted by molar-refractivity contribution is 8.00. The van der Waals surface area contributed by atoms with Gasteiger partial charge in [-0.3, -0.25) is 0 Å². The van der Waals surface area contributed by atoms with Crippen molar-refractivity contribution in [1.82, 2.24) is 5.32 Å². The molecule has 0 spiro atoms. The number of thioether (sulfide) groups is 1. The van der Waals surface area contributed by atoms with Gasteiger partial charge in [0, 0.05) is 16.2 Å². The van der Waals surface area contributed by atoms with E-state index in [1.54, 1.807) is 0 Å². The summed E-state index contributed by atoms with van der Waals surface area (Å²) >= 11 is 2.09. The lowest BCUT2D eigenvalue weighted by atomic mass is 9.84. The summed E-state index contributed by atoms with van der Waals surface area (Å²) in [7, 11) is 0. The van der Waals surface area contributed by atoms with Crippen molar-refractivity contribution >= 4 is 11.8 Å². The largest absolute Gasteiger partial charge is 0.313 e. The van der Waals surface area contributed by atoms with Crippen LogP contribution in [-0.4, -0.2) is 17.8 Å². The molecule has 0 saturated heterocycles. The summed E-state index contributed by atoms with van der Waals surface area (Å²) in [6, 6.07) is 7.61. The van der Waals surface area contributed by atoms with E-state index >= 15 is 0 Å². The van der Waals surface area contributed by atoms with Crippen molar-refractivity contribution < 1.29 is 0 Å². The molecule has 1 fully saturated rings. The maximum absolute atomic E-state index is 3.70. The van der Waals surface area contributed by atoms with Crippen LogP contribution < -0.4 is 5.32 Å². The van der Waals surface area contributed by atoms with Crippen LogP contribution in [0.4, 0.5) is 0 Å². The van der Waals surface area contributed by atoms with E-state index in [-0.39, 0.29) is 0 Å². The van der Waals surface area contributed by atoms with Crippen molar-refractivity contribution in [2.75, 3.05) is 6.54 Å². The molecule has 0 aliphatic heterocycles. The van der Waals surface area contributed by atoms with Crippen LogP contribution in [0.1, 0.15) is 50.7 Å². The molecular weight excluding hydrogens is 262 g/mol. The highest BCUT2D eigenvalue weighted by Gasteiger charge is 2.29. The number of hydrogen-bond acceptors (Lipinski definition) is 2. The van der Waals surface area contributed by atoms with Gasteiger partial charge in [0.1, 0.15) is 0 Å². The van der Waals surface area contributed by atoms with E-state index in [1.807, 2.05) is 0 Å². The van der Waals surface area contributed by atoms with Gasteiger partial charge in [0.2, 0.25) is 0 Å². The van der Waals surface area contributed by atoms with Gasteiger partial charge in [-0.15, -0.1) is 11.8 Å². The summed E-state index contributed by atoms with van der Waals surface area (Å²) < 4.78 is 0. The Kier molecular flexibility index (Phi) is 5.98. The molecule has 0 radical (unpaired) electrons. The molecule has 0 aromatic heterocycles. The summed E-state index contributed by atoms with van der Waals surface area (Å²) in [5.41, 5.74) is 2.81. The van der Waals surface area contributed by atoms with Gasteiger partial charge in [-0.1, -0.05) is 26.3 Å². The van der Waals surface area contributed by atoms with Crippen molar-refractivity contribution in [3.05, 3.63) is 29.3 Å².